The molecule has 0 aliphatic heterocycles. The van der Waals surface area contributed by atoms with E-state index < -0.39 is 6.36 Å². The first-order valence-electron chi connectivity index (χ1n) is 4.23. The highest BCUT2D eigenvalue weighted by Gasteiger charge is 2.33. The molecule has 7 heteroatoms. The molecule has 1 aromatic rings. The number of alkyl halides is 4. The Morgan fingerprint density at radius 2 is 2.06 bits per heavy atom. The molecule has 0 aliphatic carbocycles. The number of aromatic nitrogens is 1. The standard InChI is InChI=1S/C9H9BrF3NO2/c1-5-3-7(16-9(11,12)13)8(15-2)6(4-10)14-5/h3H,4H2,1-2H3. The minimum atomic E-state index is -4.75. The lowest BCUT2D eigenvalue weighted by atomic mass is 10.3. The van der Waals surface area contributed by atoms with Crippen LogP contribution >= 0.6 is 15.9 Å². The fourth-order valence-electron chi connectivity index (χ4n) is 1.20. The summed E-state index contributed by atoms with van der Waals surface area (Å²) in [6.07, 6.45) is -4.75. The molecule has 3 nitrogen and oxygen atoms in total. The van der Waals surface area contributed by atoms with Crippen LogP contribution in [0.15, 0.2) is 6.07 Å². The zero-order valence-corrected chi connectivity index (χ0v) is 10.1. The maximum absolute atomic E-state index is 12.1. The monoisotopic (exact) mass is 299 g/mol. The molecule has 1 aromatic heterocycles. The fraction of sp³-hybridized carbons (Fsp3) is 0.444. The molecule has 0 unspecified atom stereocenters. The third kappa shape index (κ3) is 3.26. The summed E-state index contributed by atoms with van der Waals surface area (Å²) < 4.78 is 45.1. The van der Waals surface area contributed by atoms with E-state index in [0.717, 1.165) is 0 Å². The number of methoxy groups -OCH3 is 1. The Kier molecular flexibility index (Phi) is 4.01. The van der Waals surface area contributed by atoms with Gasteiger partial charge in [0.1, 0.15) is 0 Å². The zero-order chi connectivity index (χ0) is 12.3. The van der Waals surface area contributed by atoms with E-state index in [4.69, 9.17) is 4.74 Å². The number of nitrogens with zero attached hydrogens (tertiary/aromatic N) is 1. The van der Waals surface area contributed by atoms with Gasteiger partial charge in [0.25, 0.3) is 0 Å². The first-order valence-corrected chi connectivity index (χ1v) is 5.35. The van der Waals surface area contributed by atoms with Gasteiger partial charge in [0.05, 0.1) is 12.8 Å². The van der Waals surface area contributed by atoms with Crippen molar-refractivity contribution in [3.63, 3.8) is 0 Å². The summed E-state index contributed by atoms with van der Waals surface area (Å²) in [5.74, 6) is -0.392. The Morgan fingerprint density at radius 1 is 1.44 bits per heavy atom. The number of ether oxygens (including phenoxy) is 2. The average molecular weight is 300 g/mol. The Labute approximate surface area is 98.7 Å². The maximum Gasteiger partial charge on any atom is 0.573 e. The van der Waals surface area contributed by atoms with Gasteiger partial charge in [-0.25, -0.2) is 0 Å². The highest BCUT2D eigenvalue weighted by atomic mass is 79.9. The van der Waals surface area contributed by atoms with Crippen molar-refractivity contribution < 1.29 is 22.6 Å². The fourth-order valence-corrected chi connectivity index (χ4v) is 1.58. The molecular formula is C9H9BrF3NO2. The van der Waals surface area contributed by atoms with Crippen LogP contribution in [0.25, 0.3) is 0 Å². The molecule has 0 atom stereocenters. The second kappa shape index (κ2) is 4.90. The molecule has 0 saturated carbocycles. The summed E-state index contributed by atoms with van der Waals surface area (Å²) in [6.45, 7) is 1.58. The van der Waals surface area contributed by atoms with E-state index >= 15 is 0 Å². The summed E-state index contributed by atoms with van der Waals surface area (Å²) in [6, 6.07) is 1.18. The SMILES string of the molecule is COc1c(OC(F)(F)F)cc(C)nc1CBr. The molecule has 16 heavy (non-hydrogen) atoms. The smallest absolute Gasteiger partial charge is 0.491 e. The van der Waals surface area contributed by atoms with Crippen LogP contribution in [-0.2, 0) is 5.33 Å². The Bertz CT molecular complexity index is 382. The highest BCUT2D eigenvalue weighted by Crippen LogP contribution is 2.35. The number of aryl methyl sites for hydroxylation is 1. The summed E-state index contributed by atoms with van der Waals surface area (Å²) in [5, 5.41) is 0.284. The average Bonchev–Trinajstić information content (AvgIpc) is 2.14. The van der Waals surface area contributed by atoms with Crippen molar-refractivity contribution in [3.05, 3.63) is 17.5 Å². The molecule has 0 radical (unpaired) electrons. The van der Waals surface area contributed by atoms with Crippen LogP contribution < -0.4 is 9.47 Å². The minimum Gasteiger partial charge on any atom is -0.491 e. The summed E-state index contributed by atoms with van der Waals surface area (Å²) >= 11 is 3.12. The van der Waals surface area contributed by atoms with Gasteiger partial charge in [-0.15, -0.1) is 13.2 Å². The van der Waals surface area contributed by atoms with E-state index in [2.05, 4.69) is 25.7 Å². The second-order valence-electron chi connectivity index (χ2n) is 2.92. The maximum atomic E-state index is 12.1. The van der Waals surface area contributed by atoms with Crippen LogP contribution in [0.4, 0.5) is 13.2 Å². The molecule has 0 fully saturated rings. The van der Waals surface area contributed by atoms with Crippen molar-refractivity contribution in [1.29, 1.82) is 0 Å². The van der Waals surface area contributed by atoms with Gasteiger partial charge in [0, 0.05) is 17.1 Å². The molecule has 0 saturated heterocycles. The van der Waals surface area contributed by atoms with Gasteiger partial charge in [-0.2, -0.15) is 0 Å². The van der Waals surface area contributed by atoms with E-state index in [1.807, 2.05) is 0 Å². The van der Waals surface area contributed by atoms with E-state index in [1.165, 1.54) is 13.2 Å². The van der Waals surface area contributed by atoms with Crippen molar-refractivity contribution >= 4 is 15.9 Å². The largest absolute Gasteiger partial charge is 0.573 e. The molecule has 0 N–H and O–H groups in total. The van der Waals surface area contributed by atoms with Crippen LogP contribution in [0, 0.1) is 6.92 Å². The van der Waals surface area contributed by atoms with Crippen molar-refractivity contribution in [1.82, 2.24) is 4.98 Å². The number of pyridine rings is 1. The lowest BCUT2D eigenvalue weighted by molar-refractivity contribution is -0.275. The Balaban J connectivity index is 3.20. The third-order valence-electron chi connectivity index (χ3n) is 1.69. The van der Waals surface area contributed by atoms with Crippen molar-refractivity contribution in [2.24, 2.45) is 0 Å². The molecule has 0 amide bonds. The lowest BCUT2D eigenvalue weighted by Crippen LogP contribution is -2.18. The van der Waals surface area contributed by atoms with Gasteiger partial charge in [0.2, 0.25) is 0 Å². The number of hydrogen-bond donors (Lipinski definition) is 0. The van der Waals surface area contributed by atoms with E-state index in [-0.39, 0.29) is 16.8 Å². The van der Waals surface area contributed by atoms with Gasteiger partial charge in [-0.1, -0.05) is 15.9 Å². The van der Waals surface area contributed by atoms with Gasteiger partial charge in [-0.3, -0.25) is 4.98 Å². The molecule has 0 aromatic carbocycles. The molecule has 0 spiro atoms. The number of hydrogen-bond acceptors (Lipinski definition) is 3. The Morgan fingerprint density at radius 3 is 2.50 bits per heavy atom. The van der Waals surface area contributed by atoms with Crippen molar-refractivity contribution in [2.45, 2.75) is 18.6 Å². The van der Waals surface area contributed by atoms with Gasteiger partial charge in [0.15, 0.2) is 11.5 Å². The molecule has 0 bridgehead atoms. The van der Waals surface area contributed by atoms with Gasteiger partial charge < -0.3 is 9.47 Å². The summed E-state index contributed by atoms with van der Waals surface area (Å²) in [4.78, 5) is 4.03. The minimum absolute atomic E-state index is 0.0141. The van der Waals surface area contributed by atoms with Crippen LogP contribution in [0.5, 0.6) is 11.5 Å². The number of halogens is 4. The predicted octanol–water partition coefficient (Wildman–Crippen LogP) is 3.19. The van der Waals surface area contributed by atoms with Crippen LogP contribution in [0.1, 0.15) is 11.4 Å². The van der Waals surface area contributed by atoms with Crippen LogP contribution in [0.3, 0.4) is 0 Å². The van der Waals surface area contributed by atoms with E-state index in [0.29, 0.717) is 11.4 Å². The topological polar surface area (TPSA) is 31.4 Å². The van der Waals surface area contributed by atoms with Crippen LogP contribution in [-0.4, -0.2) is 18.5 Å². The molecule has 1 heterocycles. The third-order valence-corrected chi connectivity index (χ3v) is 2.22. The van der Waals surface area contributed by atoms with Crippen molar-refractivity contribution in [3.8, 4) is 11.5 Å². The quantitative estimate of drug-likeness (QED) is 0.803. The predicted molar refractivity (Wildman–Crippen MR) is 54.8 cm³/mol. The highest BCUT2D eigenvalue weighted by molar-refractivity contribution is 9.08. The second-order valence-corrected chi connectivity index (χ2v) is 3.48. The zero-order valence-electron chi connectivity index (χ0n) is 8.56. The molecule has 90 valence electrons. The van der Waals surface area contributed by atoms with E-state index in [1.54, 1.807) is 6.92 Å². The lowest BCUT2D eigenvalue weighted by Gasteiger charge is -2.14. The first kappa shape index (κ1) is 13.1. The van der Waals surface area contributed by atoms with Gasteiger partial charge in [-0.05, 0) is 6.92 Å². The molecule has 1 rings (SSSR count). The van der Waals surface area contributed by atoms with Gasteiger partial charge >= 0.3 is 6.36 Å². The normalized spacial score (nSPS) is 11.4. The molecular weight excluding hydrogens is 291 g/mol. The summed E-state index contributed by atoms with van der Waals surface area (Å²) in [7, 11) is 1.27. The first-order chi connectivity index (χ1) is 7.37. The van der Waals surface area contributed by atoms with Crippen LogP contribution in [0.2, 0.25) is 0 Å². The number of rotatable bonds is 3. The van der Waals surface area contributed by atoms with Crippen molar-refractivity contribution in [2.75, 3.05) is 7.11 Å². The summed E-state index contributed by atoms with van der Waals surface area (Å²) in [5.41, 5.74) is 0.788. The van der Waals surface area contributed by atoms with E-state index in [9.17, 15) is 13.2 Å². The Hall–Kier alpha value is -0.980. The molecule has 0 aliphatic rings.